The van der Waals surface area contributed by atoms with Crippen molar-refractivity contribution >= 4 is 33.2 Å². The molecule has 3 rings (SSSR count). The van der Waals surface area contributed by atoms with E-state index in [9.17, 15) is 18.0 Å². The number of thiophene rings is 1. The lowest BCUT2D eigenvalue weighted by molar-refractivity contribution is -0.140. The zero-order valence-electron chi connectivity index (χ0n) is 17.1. The van der Waals surface area contributed by atoms with Crippen LogP contribution in [-0.4, -0.2) is 64.1 Å². The molecule has 2 amide bonds. The van der Waals surface area contributed by atoms with Crippen LogP contribution in [0.4, 0.5) is 0 Å². The molecule has 0 saturated carbocycles. The molecule has 1 aromatic heterocycles. The van der Waals surface area contributed by atoms with Crippen molar-refractivity contribution in [3.05, 3.63) is 47.3 Å². The van der Waals surface area contributed by atoms with Gasteiger partial charge in [-0.2, -0.15) is 4.31 Å². The fourth-order valence-corrected chi connectivity index (χ4v) is 5.87. The average Bonchev–Trinajstić information content (AvgIpc) is 3.34. The highest BCUT2D eigenvalue weighted by Gasteiger charge is 2.35. The van der Waals surface area contributed by atoms with Crippen molar-refractivity contribution in [2.45, 2.75) is 23.3 Å². The lowest BCUT2D eigenvalue weighted by Gasteiger charge is -2.34. The van der Waals surface area contributed by atoms with Gasteiger partial charge in [-0.05, 0) is 35.9 Å². The molecule has 0 unspecified atom stereocenters. The van der Waals surface area contributed by atoms with Gasteiger partial charge in [0.2, 0.25) is 0 Å². The van der Waals surface area contributed by atoms with Crippen LogP contribution < -0.4 is 15.4 Å². The lowest BCUT2D eigenvalue weighted by Crippen LogP contribution is -2.53. The summed E-state index contributed by atoms with van der Waals surface area (Å²) in [6.45, 7) is 0.794. The van der Waals surface area contributed by atoms with E-state index in [1.807, 2.05) is 24.3 Å². The zero-order valence-corrected chi connectivity index (χ0v) is 18.7. The monoisotopic (exact) mass is 467 g/mol. The fourth-order valence-electron chi connectivity index (χ4n) is 3.19. The van der Waals surface area contributed by atoms with Crippen LogP contribution in [0.25, 0.3) is 0 Å². The van der Waals surface area contributed by atoms with Crippen molar-refractivity contribution in [3.8, 4) is 5.75 Å². The number of ether oxygens (including phenoxy) is 2. The number of hydrogen-bond acceptors (Lipinski definition) is 7. The molecule has 1 saturated heterocycles. The number of nitrogens with one attached hydrogen (secondary N) is 2. The van der Waals surface area contributed by atoms with Gasteiger partial charge < -0.3 is 20.1 Å². The Balaban J connectivity index is 1.51. The van der Waals surface area contributed by atoms with E-state index in [-0.39, 0.29) is 23.8 Å². The van der Waals surface area contributed by atoms with Gasteiger partial charge in [0.05, 0.1) is 20.3 Å². The van der Waals surface area contributed by atoms with Crippen LogP contribution in [0.3, 0.4) is 0 Å². The summed E-state index contributed by atoms with van der Waals surface area (Å²) in [5.74, 6) is -0.927. The molecule has 1 fully saturated rings. The third-order valence-electron chi connectivity index (χ3n) is 4.73. The van der Waals surface area contributed by atoms with E-state index in [1.54, 1.807) is 18.6 Å². The Labute approximate surface area is 185 Å². The number of methoxy groups -OCH3 is 1. The van der Waals surface area contributed by atoms with E-state index >= 15 is 0 Å². The minimum Gasteiger partial charge on any atom is -0.496 e. The van der Waals surface area contributed by atoms with Crippen molar-refractivity contribution in [2.75, 3.05) is 33.4 Å². The van der Waals surface area contributed by atoms with Gasteiger partial charge in [0.1, 0.15) is 16.2 Å². The Morgan fingerprint density at radius 3 is 2.71 bits per heavy atom. The Hall–Kier alpha value is -2.47. The van der Waals surface area contributed by atoms with Crippen LogP contribution in [0.5, 0.6) is 5.75 Å². The van der Waals surface area contributed by atoms with Gasteiger partial charge in [0, 0.05) is 13.1 Å². The third kappa shape index (κ3) is 5.82. The number of benzene rings is 1. The van der Waals surface area contributed by atoms with Crippen molar-refractivity contribution < 1.29 is 27.5 Å². The maximum Gasteiger partial charge on any atom is 0.309 e. The van der Waals surface area contributed by atoms with Crippen molar-refractivity contribution in [3.63, 3.8) is 0 Å². The Bertz CT molecular complexity index is 994. The van der Waals surface area contributed by atoms with Crippen LogP contribution >= 0.6 is 11.3 Å². The molecule has 1 aliphatic heterocycles. The van der Waals surface area contributed by atoms with E-state index in [0.717, 1.165) is 16.9 Å². The predicted molar refractivity (Wildman–Crippen MR) is 115 cm³/mol. The Morgan fingerprint density at radius 2 is 1.97 bits per heavy atom. The maximum absolute atomic E-state index is 12.8. The molecule has 2 N–H and O–H groups in total. The molecule has 11 heteroatoms. The zero-order chi connectivity index (χ0) is 22.3. The highest BCUT2D eigenvalue weighted by Crippen LogP contribution is 2.25. The second-order valence-electron chi connectivity index (χ2n) is 6.75. The summed E-state index contributed by atoms with van der Waals surface area (Å²) >= 11 is 1.12. The Morgan fingerprint density at radius 1 is 1.19 bits per heavy atom. The molecular weight excluding hydrogens is 442 g/mol. The average molecular weight is 468 g/mol. The highest BCUT2D eigenvalue weighted by molar-refractivity contribution is 7.91. The van der Waals surface area contributed by atoms with E-state index in [1.165, 1.54) is 10.4 Å². The molecule has 2 heterocycles. The van der Waals surface area contributed by atoms with Gasteiger partial charge in [0.15, 0.2) is 0 Å². The first-order valence-corrected chi connectivity index (χ1v) is 12.1. The van der Waals surface area contributed by atoms with Crippen LogP contribution in [0, 0.1) is 0 Å². The van der Waals surface area contributed by atoms with Gasteiger partial charge in [-0.25, -0.2) is 8.42 Å². The number of carbonyl (C=O) groups is 2. The predicted octanol–water partition coefficient (Wildman–Crippen LogP) is 0.969. The first-order valence-electron chi connectivity index (χ1n) is 9.78. The fraction of sp³-hybridized carbons (Fsp3) is 0.400. The summed E-state index contributed by atoms with van der Waals surface area (Å²) in [4.78, 5) is 24.3. The smallest absolute Gasteiger partial charge is 0.309 e. The molecule has 31 heavy (non-hydrogen) atoms. The topological polar surface area (TPSA) is 114 Å². The number of carbonyl (C=O) groups excluding carboxylic acids is 2. The molecule has 1 aromatic carbocycles. The van der Waals surface area contributed by atoms with E-state index in [2.05, 4.69) is 10.6 Å². The Kier molecular flexibility index (Phi) is 8.02. The van der Waals surface area contributed by atoms with Crippen molar-refractivity contribution in [1.29, 1.82) is 0 Å². The second-order valence-corrected chi connectivity index (χ2v) is 9.82. The number of para-hydroxylation sites is 1. The SMILES string of the molecule is COc1ccccc1CCNC(=O)C(=O)NC[C@@H]1OCCCN1S(=O)(=O)c1cccs1. The summed E-state index contributed by atoms with van der Waals surface area (Å²) in [5, 5.41) is 6.71. The number of nitrogens with zero attached hydrogens (tertiary/aromatic N) is 1. The molecule has 1 atom stereocenters. The van der Waals surface area contributed by atoms with Crippen LogP contribution in [0.2, 0.25) is 0 Å². The third-order valence-corrected chi connectivity index (χ3v) is 7.99. The highest BCUT2D eigenvalue weighted by atomic mass is 32.2. The minimum absolute atomic E-state index is 0.122. The minimum atomic E-state index is -3.72. The number of hydrogen-bond donors (Lipinski definition) is 2. The van der Waals surface area contributed by atoms with Crippen molar-refractivity contribution in [2.24, 2.45) is 0 Å². The normalized spacial score (nSPS) is 17.1. The summed E-state index contributed by atoms with van der Waals surface area (Å²) in [5.41, 5.74) is 0.913. The van der Waals surface area contributed by atoms with Gasteiger partial charge >= 0.3 is 11.8 Å². The number of amides is 2. The van der Waals surface area contributed by atoms with Gasteiger partial charge in [-0.3, -0.25) is 9.59 Å². The lowest BCUT2D eigenvalue weighted by atomic mass is 10.1. The molecule has 0 aliphatic carbocycles. The first-order chi connectivity index (χ1) is 14.9. The largest absolute Gasteiger partial charge is 0.496 e. The van der Waals surface area contributed by atoms with Crippen LogP contribution in [-0.2, 0) is 30.8 Å². The van der Waals surface area contributed by atoms with E-state index in [0.29, 0.717) is 25.2 Å². The molecule has 168 valence electrons. The molecular formula is C20H25N3O6S2. The number of rotatable bonds is 8. The molecule has 0 spiro atoms. The van der Waals surface area contributed by atoms with Gasteiger partial charge in [-0.15, -0.1) is 11.3 Å². The van der Waals surface area contributed by atoms with Crippen molar-refractivity contribution in [1.82, 2.24) is 14.9 Å². The van der Waals surface area contributed by atoms with E-state index < -0.39 is 28.1 Å². The van der Waals surface area contributed by atoms with Crippen LogP contribution in [0.15, 0.2) is 46.0 Å². The standard InChI is InChI=1S/C20H25N3O6S2/c1-28-16-7-3-2-6-15(16)9-10-21-19(24)20(25)22-14-17-23(11-5-12-29-17)31(26,27)18-8-4-13-30-18/h2-4,6-8,13,17H,5,9-12,14H2,1H3,(H,21,24)(H,22,25)/t17-/m0/s1. The number of sulfonamides is 1. The summed E-state index contributed by atoms with van der Waals surface area (Å²) in [7, 11) is -2.15. The van der Waals surface area contributed by atoms with Gasteiger partial charge in [-0.1, -0.05) is 24.3 Å². The molecule has 2 aromatic rings. The summed E-state index contributed by atoms with van der Waals surface area (Å²) in [6.07, 6.45) is 0.186. The van der Waals surface area contributed by atoms with Gasteiger partial charge in [0.25, 0.3) is 10.0 Å². The van der Waals surface area contributed by atoms with E-state index in [4.69, 9.17) is 9.47 Å². The quantitative estimate of drug-likeness (QED) is 0.559. The first kappa shape index (κ1) is 23.2. The second kappa shape index (κ2) is 10.7. The maximum atomic E-state index is 12.8. The molecule has 1 aliphatic rings. The molecule has 0 bridgehead atoms. The summed E-state index contributed by atoms with van der Waals surface area (Å²) in [6, 6.07) is 10.6. The molecule has 0 radical (unpaired) electrons. The summed E-state index contributed by atoms with van der Waals surface area (Å²) < 4.78 is 37.9. The van der Waals surface area contributed by atoms with Crippen LogP contribution in [0.1, 0.15) is 12.0 Å². The molecule has 9 nitrogen and oxygen atoms in total.